The Morgan fingerprint density at radius 3 is 3.00 bits per heavy atom. The Morgan fingerprint density at radius 2 is 2.25 bits per heavy atom. The molecule has 1 atom stereocenters. The summed E-state index contributed by atoms with van der Waals surface area (Å²) in [6.07, 6.45) is 6.32. The molecule has 0 radical (unpaired) electrons. The Labute approximate surface area is 124 Å². The van der Waals surface area contributed by atoms with Crippen molar-refractivity contribution < 1.29 is 0 Å². The number of fused-ring (bicyclic) bond motifs is 1. The normalized spacial score (nSPS) is 18.4. The lowest BCUT2D eigenvalue weighted by atomic mass is 10.2. The van der Waals surface area contributed by atoms with E-state index in [9.17, 15) is 4.79 Å². The SMILES string of the molecule is NC1CCCCc2nc(-c3ccncn3)c(Br)c(=O)n21. The fourth-order valence-corrected chi connectivity index (χ4v) is 2.92. The Kier molecular flexibility index (Phi) is 3.62. The maximum atomic E-state index is 12.5. The summed E-state index contributed by atoms with van der Waals surface area (Å²) in [5, 5.41) is 0. The Balaban J connectivity index is 2.23. The van der Waals surface area contributed by atoms with Gasteiger partial charge in [0.25, 0.3) is 5.56 Å². The summed E-state index contributed by atoms with van der Waals surface area (Å²) in [7, 11) is 0. The summed E-state index contributed by atoms with van der Waals surface area (Å²) in [4.78, 5) is 25.2. The topological polar surface area (TPSA) is 86.7 Å². The molecule has 0 fully saturated rings. The van der Waals surface area contributed by atoms with Crippen LogP contribution < -0.4 is 11.3 Å². The van der Waals surface area contributed by atoms with Gasteiger partial charge in [-0.15, -0.1) is 0 Å². The van der Waals surface area contributed by atoms with Crippen LogP contribution in [0.2, 0.25) is 0 Å². The minimum absolute atomic E-state index is 0.141. The van der Waals surface area contributed by atoms with E-state index in [0.29, 0.717) is 15.9 Å². The third-order valence-corrected chi connectivity index (χ3v) is 4.15. The van der Waals surface area contributed by atoms with Crippen LogP contribution >= 0.6 is 15.9 Å². The van der Waals surface area contributed by atoms with Gasteiger partial charge < -0.3 is 5.73 Å². The van der Waals surface area contributed by atoms with Gasteiger partial charge in [-0.2, -0.15) is 0 Å². The van der Waals surface area contributed by atoms with Crippen molar-refractivity contribution in [2.24, 2.45) is 5.73 Å². The molecule has 3 rings (SSSR count). The quantitative estimate of drug-likeness (QED) is 0.856. The first kappa shape index (κ1) is 13.4. The van der Waals surface area contributed by atoms with Crippen LogP contribution in [-0.4, -0.2) is 19.5 Å². The highest BCUT2D eigenvalue weighted by atomic mass is 79.9. The number of nitrogens with zero attached hydrogens (tertiary/aromatic N) is 4. The van der Waals surface area contributed by atoms with Gasteiger partial charge in [-0.1, -0.05) is 0 Å². The summed E-state index contributed by atoms with van der Waals surface area (Å²) < 4.78 is 2.00. The van der Waals surface area contributed by atoms with Crippen molar-refractivity contribution in [3.05, 3.63) is 39.2 Å². The molecule has 3 heterocycles. The van der Waals surface area contributed by atoms with Crippen molar-refractivity contribution in [1.82, 2.24) is 19.5 Å². The zero-order valence-electron chi connectivity index (χ0n) is 10.8. The molecule has 0 aromatic carbocycles. The van der Waals surface area contributed by atoms with Gasteiger partial charge in [0.2, 0.25) is 0 Å². The lowest BCUT2D eigenvalue weighted by Gasteiger charge is -2.17. The van der Waals surface area contributed by atoms with Crippen molar-refractivity contribution in [1.29, 1.82) is 0 Å². The van der Waals surface area contributed by atoms with Gasteiger partial charge in [0.05, 0.1) is 11.9 Å². The number of hydrogen-bond acceptors (Lipinski definition) is 5. The molecule has 0 saturated heterocycles. The van der Waals surface area contributed by atoms with Gasteiger partial charge in [-0.25, -0.2) is 15.0 Å². The second-order valence-electron chi connectivity index (χ2n) is 4.77. The van der Waals surface area contributed by atoms with E-state index in [1.807, 2.05) is 0 Å². The number of aromatic nitrogens is 4. The van der Waals surface area contributed by atoms with Gasteiger partial charge in [0.1, 0.15) is 22.3 Å². The van der Waals surface area contributed by atoms with Gasteiger partial charge in [0, 0.05) is 12.6 Å². The largest absolute Gasteiger partial charge is 0.311 e. The van der Waals surface area contributed by atoms with E-state index < -0.39 is 0 Å². The number of aryl methyl sites for hydroxylation is 1. The predicted octanol–water partition coefficient (Wildman–Crippen LogP) is 1.65. The zero-order chi connectivity index (χ0) is 14.1. The summed E-state index contributed by atoms with van der Waals surface area (Å²) in [6, 6.07) is 1.74. The van der Waals surface area contributed by atoms with Crippen molar-refractivity contribution in [3.8, 4) is 11.4 Å². The van der Waals surface area contributed by atoms with E-state index in [1.54, 1.807) is 16.8 Å². The molecule has 0 saturated carbocycles. The Hall–Kier alpha value is -1.60. The molecule has 1 aliphatic heterocycles. The van der Waals surface area contributed by atoms with E-state index >= 15 is 0 Å². The molecule has 20 heavy (non-hydrogen) atoms. The second kappa shape index (κ2) is 5.41. The average molecular weight is 336 g/mol. The zero-order valence-corrected chi connectivity index (χ0v) is 12.4. The first-order chi connectivity index (χ1) is 9.68. The first-order valence-corrected chi connectivity index (χ1v) is 7.30. The molecule has 104 valence electrons. The van der Waals surface area contributed by atoms with E-state index in [4.69, 9.17) is 5.73 Å². The van der Waals surface area contributed by atoms with Crippen molar-refractivity contribution in [2.45, 2.75) is 31.8 Å². The molecule has 2 N–H and O–H groups in total. The summed E-state index contributed by atoms with van der Waals surface area (Å²) in [6.45, 7) is 0. The van der Waals surface area contributed by atoms with Crippen molar-refractivity contribution in [3.63, 3.8) is 0 Å². The third-order valence-electron chi connectivity index (χ3n) is 3.44. The van der Waals surface area contributed by atoms with E-state index in [-0.39, 0.29) is 11.7 Å². The van der Waals surface area contributed by atoms with Crippen LogP contribution in [-0.2, 0) is 6.42 Å². The fraction of sp³-hybridized carbons (Fsp3) is 0.385. The fourth-order valence-electron chi connectivity index (χ4n) is 2.44. The van der Waals surface area contributed by atoms with Gasteiger partial charge in [0.15, 0.2) is 0 Å². The molecule has 6 nitrogen and oxygen atoms in total. The van der Waals surface area contributed by atoms with Crippen LogP contribution in [0.4, 0.5) is 0 Å². The van der Waals surface area contributed by atoms with Crippen LogP contribution in [0.5, 0.6) is 0 Å². The lowest BCUT2D eigenvalue weighted by molar-refractivity contribution is 0.461. The maximum Gasteiger partial charge on any atom is 0.269 e. The molecule has 0 amide bonds. The van der Waals surface area contributed by atoms with Crippen LogP contribution in [0.3, 0.4) is 0 Å². The predicted molar refractivity (Wildman–Crippen MR) is 78.0 cm³/mol. The standard InChI is InChI=1S/C13H14BrN5O/c14-11-12(8-5-6-16-7-17-8)18-10-4-2-1-3-9(15)19(10)13(11)20/h5-7,9H,1-4,15H2. The molecule has 0 spiro atoms. The number of rotatable bonds is 1. The summed E-state index contributed by atoms with van der Waals surface area (Å²) in [5.41, 5.74) is 7.12. The molecule has 2 aromatic rings. The van der Waals surface area contributed by atoms with Crippen molar-refractivity contribution in [2.75, 3.05) is 0 Å². The molecule has 2 aromatic heterocycles. The van der Waals surface area contributed by atoms with Gasteiger partial charge in [-0.3, -0.25) is 9.36 Å². The third kappa shape index (κ3) is 2.27. The summed E-state index contributed by atoms with van der Waals surface area (Å²) in [5.74, 6) is 0.733. The first-order valence-electron chi connectivity index (χ1n) is 6.51. The average Bonchev–Trinajstić information content (AvgIpc) is 2.65. The van der Waals surface area contributed by atoms with E-state index in [2.05, 4.69) is 30.9 Å². The lowest BCUT2D eigenvalue weighted by Crippen LogP contribution is -2.33. The molecular weight excluding hydrogens is 322 g/mol. The van der Waals surface area contributed by atoms with E-state index in [0.717, 1.165) is 31.5 Å². The highest BCUT2D eigenvalue weighted by Crippen LogP contribution is 2.25. The van der Waals surface area contributed by atoms with Crippen molar-refractivity contribution >= 4 is 15.9 Å². The molecular formula is C13H14BrN5O. The van der Waals surface area contributed by atoms with Gasteiger partial charge in [-0.05, 0) is 41.3 Å². The van der Waals surface area contributed by atoms with Gasteiger partial charge >= 0.3 is 0 Å². The van der Waals surface area contributed by atoms with Crippen LogP contribution in [0, 0.1) is 0 Å². The molecule has 7 heteroatoms. The second-order valence-corrected chi connectivity index (χ2v) is 5.57. The Morgan fingerprint density at radius 1 is 1.40 bits per heavy atom. The molecule has 1 unspecified atom stereocenters. The minimum Gasteiger partial charge on any atom is -0.311 e. The van der Waals surface area contributed by atoms with E-state index in [1.165, 1.54) is 6.33 Å². The monoisotopic (exact) mass is 335 g/mol. The maximum absolute atomic E-state index is 12.5. The molecule has 1 aliphatic rings. The smallest absolute Gasteiger partial charge is 0.269 e. The molecule has 0 aliphatic carbocycles. The highest BCUT2D eigenvalue weighted by molar-refractivity contribution is 9.10. The number of halogens is 1. The minimum atomic E-state index is -0.303. The number of nitrogens with two attached hydrogens (primary N) is 1. The van der Waals surface area contributed by atoms with Crippen LogP contribution in [0.1, 0.15) is 31.3 Å². The number of hydrogen-bond donors (Lipinski definition) is 1. The summed E-state index contributed by atoms with van der Waals surface area (Å²) >= 11 is 3.34. The highest BCUT2D eigenvalue weighted by Gasteiger charge is 2.22. The molecule has 0 bridgehead atoms. The van der Waals surface area contributed by atoms with Crippen LogP contribution in [0.15, 0.2) is 27.9 Å². The Bertz CT molecular complexity index is 685. The van der Waals surface area contributed by atoms with Crippen LogP contribution in [0.25, 0.3) is 11.4 Å².